The highest BCUT2D eigenvalue weighted by molar-refractivity contribution is 9.10. The lowest BCUT2D eigenvalue weighted by molar-refractivity contribution is -0.153. The smallest absolute Gasteiger partial charge is 0.328 e. The summed E-state index contributed by atoms with van der Waals surface area (Å²) in [5.41, 5.74) is 5.85. The first kappa shape index (κ1) is 15.6. The van der Waals surface area contributed by atoms with E-state index in [-0.39, 0.29) is 12.6 Å². The molecule has 2 fully saturated rings. The Morgan fingerprint density at radius 1 is 1.65 bits per heavy atom. The second-order valence-electron chi connectivity index (χ2n) is 5.04. The minimum absolute atomic E-state index is 0.227. The Kier molecular flexibility index (Phi) is 4.35. The van der Waals surface area contributed by atoms with E-state index in [1.54, 1.807) is 6.92 Å². The van der Waals surface area contributed by atoms with Gasteiger partial charge in [-0.25, -0.2) is 4.79 Å². The number of aliphatic hydroxyl groups excluding tert-OH is 1. The van der Waals surface area contributed by atoms with Crippen LogP contribution in [0.1, 0.15) is 13.3 Å². The molecule has 0 aromatic heterocycles. The highest BCUT2D eigenvalue weighted by atomic mass is 79.9. The Balaban J connectivity index is 2.25. The maximum Gasteiger partial charge on any atom is 0.328 e. The van der Waals surface area contributed by atoms with E-state index >= 15 is 0 Å². The van der Waals surface area contributed by atoms with Crippen molar-refractivity contribution in [2.75, 3.05) is 13.7 Å². The van der Waals surface area contributed by atoms with Crippen LogP contribution in [-0.4, -0.2) is 64.6 Å². The van der Waals surface area contributed by atoms with Crippen molar-refractivity contribution in [3.8, 4) is 0 Å². The molecule has 3 amide bonds. The minimum atomic E-state index is -1.10. The van der Waals surface area contributed by atoms with Gasteiger partial charge in [-0.2, -0.15) is 0 Å². The minimum Gasteiger partial charge on any atom is -0.394 e. The predicted octanol–water partition coefficient (Wildman–Crippen LogP) is -0.901. The summed E-state index contributed by atoms with van der Waals surface area (Å²) < 4.78 is 9.77. The number of ether oxygens (including phenoxy) is 2. The normalized spacial score (nSPS) is 42.0. The molecule has 2 heterocycles. The molecule has 4 N–H and O–H groups in total. The molecule has 114 valence electrons. The van der Waals surface area contributed by atoms with Crippen LogP contribution < -0.4 is 11.1 Å². The number of nitrogens with zero attached hydrogens (tertiary/aromatic N) is 1. The number of carbonyl (C=O) groups excluding carboxylic acids is 2. The molecule has 2 aliphatic rings. The number of carbonyl (C=O) groups is 2. The van der Waals surface area contributed by atoms with Crippen LogP contribution in [0.4, 0.5) is 4.79 Å². The number of methoxy groups -OCH3 is 1. The Labute approximate surface area is 124 Å². The molecule has 20 heavy (non-hydrogen) atoms. The largest absolute Gasteiger partial charge is 0.394 e. The third-order valence-corrected chi connectivity index (χ3v) is 4.36. The predicted molar refractivity (Wildman–Crippen MR) is 71.8 cm³/mol. The third-order valence-electron chi connectivity index (χ3n) is 3.61. The molecule has 9 heteroatoms. The van der Waals surface area contributed by atoms with Gasteiger partial charge in [-0.05, 0) is 6.92 Å². The van der Waals surface area contributed by atoms with Gasteiger partial charge in [0, 0.05) is 19.6 Å². The molecule has 0 bridgehead atoms. The van der Waals surface area contributed by atoms with Gasteiger partial charge in [-0.3, -0.25) is 15.0 Å². The fourth-order valence-corrected chi connectivity index (χ4v) is 2.99. The van der Waals surface area contributed by atoms with Gasteiger partial charge in [0.25, 0.3) is 0 Å². The van der Waals surface area contributed by atoms with E-state index in [9.17, 15) is 9.59 Å². The van der Waals surface area contributed by atoms with Crippen LogP contribution in [0, 0.1) is 0 Å². The van der Waals surface area contributed by atoms with Crippen LogP contribution in [0.25, 0.3) is 0 Å². The van der Waals surface area contributed by atoms with Crippen LogP contribution in [0.2, 0.25) is 0 Å². The van der Waals surface area contributed by atoms with Gasteiger partial charge in [0.2, 0.25) is 5.91 Å². The Hall–Kier alpha value is -0.740. The molecule has 0 aliphatic carbocycles. The molecular formula is C11H18BrN3O5. The average molecular weight is 352 g/mol. The molecule has 2 aliphatic heterocycles. The summed E-state index contributed by atoms with van der Waals surface area (Å²) in [6.07, 6.45) is -1.67. The molecule has 5 atom stereocenters. The number of alkyl halides is 1. The van der Waals surface area contributed by atoms with E-state index in [0.717, 1.165) is 0 Å². The zero-order chi connectivity index (χ0) is 15.1. The van der Waals surface area contributed by atoms with Crippen molar-refractivity contribution in [1.29, 1.82) is 0 Å². The first-order valence-electron chi connectivity index (χ1n) is 6.20. The second-order valence-corrected chi connectivity index (χ2v) is 6.69. The highest BCUT2D eigenvalue weighted by Gasteiger charge is 2.53. The number of amides is 3. The molecule has 0 saturated carbocycles. The van der Waals surface area contributed by atoms with Gasteiger partial charge in [0.05, 0.1) is 12.7 Å². The van der Waals surface area contributed by atoms with Crippen molar-refractivity contribution < 1.29 is 24.2 Å². The lowest BCUT2D eigenvalue weighted by atomic mass is 10.0. The SMILES string of the molecule is COC1N([C@H]2CC(N)[C@@H](CO)O2)C(=O)NC(=O)C1(C)Br. The van der Waals surface area contributed by atoms with E-state index in [2.05, 4.69) is 21.2 Å². The quantitative estimate of drug-likeness (QED) is 0.567. The van der Waals surface area contributed by atoms with Crippen LogP contribution in [-0.2, 0) is 14.3 Å². The van der Waals surface area contributed by atoms with Crippen molar-refractivity contribution in [2.24, 2.45) is 5.73 Å². The molecule has 2 saturated heterocycles. The topological polar surface area (TPSA) is 114 Å². The molecular weight excluding hydrogens is 334 g/mol. The standard InChI is InChI=1S/C11H18BrN3O5/c1-11(12)8(17)14-10(18)15(9(11)19-2)7-3-5(13)6(4-16)20-7/h5-7,9,16H,3-4,13H2,1-2H3,(H,14,17,18)/t5?,6-,7-,9?,11?/m1/s1. The van der Waals surface area contributed by atoms with Crippen LogP contribution in [0.5, 0.6) is 0 Å². The van der Waals surface area contributed by atoms with E-state index in [0.29, 0.717) is 6.42 Å². The van der Waals surface area contributed by atoms with Gasteiger partial charge in [0.1, 0.15) is 10.6 Å². The summed E-state index contributed by atoms with van der Waals surface area (Å²) in [6, 6.07) is -0.982. The van der Waals surface area contributed by atoms with E-state index in [1.165, 1.54) is 12.0 Å². The molecule has 8 nitrogen and oxygen atoms in total. The highest BCUT2D eigenvalue weighted by Crippen LogP contribution is 2.34. The number of halogens is 1. The molecule has 3 unspecified atom stereocenters. The summed E-state index contributed by atoms with van der Waals surface area (Å²) in [5.74, 6) is -0.480. The third kappa shape index (κ3) is 2.44. The Morgan fingerprint density at radius 3 is 2.80 bits per heavy atom. The van der Waals surface area contributed by atoms with Crippen molar-refractivity contribution in [2.45, 2.75) is 42.3 Å². The molecule has 0 spiro atoms. The lowest BCUT2D eigenvalue weighted by Crippen LogP contribution is -2.69. The Bertz CT molecular complexity index is 419. The number of hydrogen-bond acceptors (Lipinski definition) is 6. The van der Waals surface area contributed by atoms with Crippen LogP contribution in [0.3, 0.4) is 0 Å². The summed E-state index contributed by atoms with van der Waals surface area (Å²) in [4.78, 5) is 25.2. The van der Waals surface area contributed by atoms with Gasteiger partial charge >= 0.3 is 6.03 Å². The number of urea groups is 1. The van der Waals surface area contributed by atoms with Crippen LogP contribution in [0.15, 0.2) is 0 Å². The number of imide groups is 1. The number of aliphatic hydroxyl groups is 1. The lowest BCUT2D eigenvalue weighted by Gasteiger charge is -2.44. The number of nitrogens with one attached hydrogen (secondary N) is 1. The van der Waals surface area contributed by atoms with E-state index in [1.807, 2.05) is 0 Å². The zero-order valence-electron chi connectivity index (χ0n) is 11.2. The number of hydrogen-bond donors (Lipinski definition) is 3. The number of rotatable bonds is 3. The molecule has 2 rings (SSSR count). The monoisotopic (exact) mass is 351 g/mol. The van der Waals surface area contributed by atoms with Crippen LogP contribution >= 0.6 is 15.9 Å². The molecule has 0 aromatic carbocycles. The first-order chi connectivity index (χ1) is 9.32. The van der Waals surface area contributed by atoms with E-state index in [4.69, 9.17) is 20.3 Å². The maximum absolute atomic E-state index is 12.1. The summed E-state index contributed by atoms with van der Waals surface area (Å²) >= 11 is 3.28. The van der Waals surface area contributed by atoms with E-state index < -0.39 is 34.8 Å². The van der Waals surface area contributed by atoms with Crippen molar-refractivity contribution in [3.05, 3.63) is 0 Å². The van der Waals surface area contributed by atoms with Crippen molar-refractivity contribution in [3.63, 3.8) is 0 Å². The fraction of sp³-hybridized carbons (Fsp3) is 0.818. The number of nitrogens with two attached hydrogens (primary N) is 1. The van der Waals surface area contributed by atoms with Gasteiger partial charge < -0.3 is 20.3 Å². The first-order valence-corrected chi connectivity index (χ1v) is 6.99. The van der Waals surface area contributed by atoms with Crippen molar-refractivity contribution in [1.82, 2.24) is 10.2 Å². The molecule has 0 radical (unpaired) electrons. The second kappa shape index (κ2) is 5.57. The molecule has 0 aromatic rings. The zero-order valence-corrected chi connectivity index (χ0v) is 12.8. The maximum atomic E-state index is 12.1. The summed E-state index contributed by atoms with van der Waals surface area (Å²) in [6.45, 7) is 1.38. The summed E-state index contributed by atoms with van der Waals surface area (Å²) in [5, 5.41) is 11.4. The van der Waals surface area contributed by atoms with Crippen molar-refractivity contribution >= 4 is 27.9 Å². The average Bonchev–Trinajstić information content (AvgIpc) is 2.74. The summed E-state index contributed by atoms with van der Waals surface area (Å²) in [7, 11) is 1.40. The Morgan fingerprint density at radius 2 is 2.30 bits per heavy atom. The van der Waals surface area contributed by atoms with Gasteiger partial charge in [-0.15, -0.1) is 0 Å². The van der Waals surface area contributed by atoms with Gasteiger partial charge in [-0.1, -0.05) is 15.9 Å². The van der Waals surface area contributed by atoms with Gasteiger partial charge in [0.15, 0.2) is 6.23 Å². The fourth-order valence-electron chi connectivity index (χ4n) is 2.48.